The molecule has 33 heavy (non-hydrogen) atoms. The quantitative estimate of drug-likeness (QED) is 0.288. The van der Waals surface area contributed by atoms with Crippen molar-refractivity contribution in [2.24, 2.45) is 0 Å². The molecule has 3 rings (SSSR count). The van der Waals surface area contributed by atoms with Gasteiger partial charge in [-0.2, -0.15) is 0 Å². The minimum atomic E-state index is -0.104. The number of carbonyl (C=O) groups excluding carboxylic acids is 2. The summed E-state index contributed by atoms with van der Waals surface area (Å²) in [4.78, 5) is 27.0. The van der Waals surface area contributed by atoms with Crippen LogP contribution in [0.5, 0.6) is 5.75 Å². The number of aryl methyl sites for hydroxylation is 1. The zero-order valence-corrected chi connectivity index (χ0v) is 20.4. The van der Waals surface area contributed by atoms with E-state index in [1.54, 1.807) is 0 Å². The van der Waals surface area contributed by atoms with Crippen molar-refractivity contribution in [3.63, 3.8) is 0 Å². The van der Waals surface area contributed by atoms with Crippen LogP contribution in [0.2, 0.25) is 0 Å². The topological polar surface area (TPSA) is 106 Å². The number of hydrogen-bond donors (Lipinski definition) is 3. The zero-order valence-electron chi connectivity index (χ0n) is 19.6. The standard InChI is InChI=1S/C22H26N4O2S.C3H6O/c1-3-15-6-5-7-16(14-15)19(27)20-21(23)26-22(29-20)25-17-8-10-18(11-9-17)28-13-12-24-4-2;1-3(2)4/h5-11,14,24H,3-4,12-13,23H2,1-2H3,(H,25,26);1-2H3. The van der Waals surface area contributed by atoms with Crippen molar-refractivity contribution in [3.8, 4) is 5.75 Å². The Morgan fingerprint density at radius 2 is 1.79 bits per heavy atom. The van der Waals surface area contributed by atoms with Crippen LogP contribution in [0.25, 0.3) is 0 Å². The Hall–Kier alpha value is -3.23. The number of benzene rings is 2. The van der Waals surface area contributed by atoms with Gasteiger partial charge < -0.3 is 25.9 Å². The van der Waals surface area contributed by atoms with Gasteiger partial charge in [-0.3, -0.25) is 4.79 Å². The third-order valence-corrected chi connectivity index (χ3v) is 5.35. The van der Waals surface area contributed by atoms with Crippen LogP contribution in [-0.4, -0.2) is 36.2 Å². The van der Waals surface area contributed by atoms with Gasteiger partial charge in [0.2, 0.25) is 5.78 Å². The molecule has 0 aliphatic rings. The van der Waals surface area contributed by atoms with Crippen LogP contribution in [0.3, 0.4) is 0 Å². The number of ketones is 2. The molecule has 0 unspecified atom stereocenters. The summed E-state index contributed by atoms with van der Waals surface area (Å²) < 4.78 is 5.67. The van der Waals surface area contributed by atoms with E-state index in [1.807, 2.05) is 48.5 Å². The van der Waals surface area contributed by atoms with E-state index < -0.39 is 0 Å². The molecular weight excluding hydrogens is 436 g/mol. The lowest BCUT2D eigenvalue weighted by Gasteiger charge is -2.07. The van der Waals surface area contributed by atoms with Gasteiger partial charge in [-0.05, 0) is 62.7 Å². The summed E-state index contributed by atoms with van der Waals surface area (Å²) in [5.74, 6) is 1.11. The SMILES string of the molecule is CC(C)=O.CCNCCOc1ccc(Nc2nc(N)c(C(=O)c3cccc(CC)c3)s2)cc1. The van der Waals surface area contributed by atoms with Gasteiger partial charge in [-0.25, -0.2) is 4.98 Å². The van der Waals surface area contributed by atoms with E-state index in [1.165, 1.54) is 25.2 Å². The monoisotopic (exact) mass is 468 g/mol. The molecule has 1 aromatic heterocycles. The summed E-state index contributed by atoms with van der Waals surface area (Å²) in [6.07, 6.45) is 0.876. The molecule has 176 valence electrons. The highest BCUT2D eigenvalue weighted by Gasteiger charge is 2.18. The van der Waals surface area contributed by atoms with Crippen molar-refractivity contribution in [3.05, 3.63) is 64.5 Å². The highest BCUT2D eigenvalue weighted by molar-refractivity contribution is 7.18. The fourth-order valence-electron chi connectivity index (χ4n) is 2.79. The summed E-state index contributed by atoms with van der Waals surface area (Å²) in [7, 11) is 0. The average Bonchev–Trinajstić information content (AvgIpc) is 3.16. The first-order chi connectivity index (χ1) is 15.8. The third kappa shape index (κ3) is 8.67. The fraction of sp³-hybridized carbons (Fsp3) is 0.320. The Bertz CT molecular complexity index is 1040. The number of aromatic nitrogens is 1. The molecular formula is C25H32N4O3S. The van der Waals surface area contributed by atoms with E-state index in [0.29, 0.717) is 22.2 Å². The number of nitrogens with zero attached hydrogens (tertiary/aromatic N) is 1. The minimum Gasteiger partial charge on any atom is -0.492 e. The molecule has 0 saturated carbocycles. The van der Waals surface area contributed by atoms with Crippen LogP contribution >= 0.6 is 11.3 Å². The molecule has 0 radical (unpaired) electrons. The highest BCUT2D eigenvalue weighted by Crippen LogP contribution is 2.30. The Labute approximate surface area is 199 Å². The molecule has 0 aliphatic heterocycles. The number of hydrogen-bond acceptors (Lipinski definition) is 8. The lowest BCUT2D eigenvalue weighted by Crippen LogP contribution is -2.20. The van der Waals surface area contributed by atoms with Crippen LogP contribution in [-0.2, 0) is 11.2 Å². The second kappa shape index (κ2) is 13.3. The van der Waals surface area contributed by atoms with E-state index in [-0.39, 0.29) is 17.4 Å². The lowest BCUT2D eigenvalue weighted by atomic mass is 10.1. The molecule has 4 N–H and O–H groups in total. The first kappa shape index (κ1) is 26.0. The van der Waals surface area contributed by atoms with E-state index in [2.05, 4.69) is 29.5 Å². The van der Waals surface area contributed by atoms with Gasteiger partial charge in [0.1, 0.15) is 28.8 Å². The van der Waals surface area contributed by atoms with E-state index >= 15 is 0 Å². The number of thiazole rings is 1. The van der Waals surface area contributed by atoms with Gasteiger partial charge in [0, 0.05) is 17.8 Å². The number of nitrogens with two attached hydrogens (primary N) is 1. The summed E-state index contributed by atoms with van der Waals surface area (Å²) in [5.41, 5.74) is 8.62. The van der Waals surface area contributed by atoms with Crippen LogP contribution in [0.15, 0.2) is 48.5 Å². The smallest absolute Gasteiger partial charge is 0.206 e. The van der Waals surface area contributed by atoms with Crippen molar-refractivity contribution in [1.82, 2.24) is 10.3 Å². The molecule has 0 aliphatic carbocycles. The van der Waals surface area contributed by atoms with Gasteiger partial charge in [0.05, 0.1) is 0 Å². The largest absolute Gasteiger partial charge is 0.492 e. The Balaban J connectivity index is 0.000000890. The van der Waals surface area contributed by atoms with Crippen molar-refractivity contribution < 1.29 is 14.3 Å². The fourth-order valence-corrected chi connectivity index (χ4v) is 3.65. The lowest BCUT2D eigenvalue weighted by molar-refractivity contribution is -0.115. The molecule has 3 aromatic rings. The van der Waals surface area contributed by atoms with Crippen molar-refractivity contribution in [1.29, 1.82) is 0 Å². The maximum Gasteiger partial charge on any atom is 0.206 e. The van der Waals surface area contributed by atoms with Gasteiger partial charge in [-0.1, -0.05) is 43.4 Å². The van der Waals surface area contributed by atoms with Crippen LogP contribution in [0, 0.1) is 0 Å². The summed E-state index contributed by atoms with van der Waals surface area (Å²) in [6.45, 7) is 9.54. The zero-order chi connectivity index (χ0) is 24.2. The predicted octanol–water partition coefficient (Wildman–Crippen LogP) is 4.85. The first-order valence-electron chi connectivity index (χ1n) is 10.9. The number of Topliss-reactive ketones (excluding diaryl/α,β-unsaturated/α-hetero) is 1. The van der Waals surface area contributed by atoms with Gasteiger partial charge in [0.15, 0.2) is 5.13 Å². The molecule has 1 heterocycles. The number of anilines is 3. The first-order valence-corrected chi connectivity index (χ1v) is 11.7. The normalized spacial score (nSPS) is 10.2. The maximum absolute atomic E-state index is 12.8. The number of rotatable bonds is 10. The molecule has 0 spiro atoms. The number of nitrogens with one attached hydrogen (secondary N) is 2. The van der Waals surface area contributed by atoms with Gasteiger partial charge >= 0.3 is 0 Å². The average molecular weight is 469 g/mol. The van der Waals surface area contributed by atoms with E-state index in [0.717, 1.165) is 36.5 Å². The van der Waals surface area contributed by atoms with E-state index in [9.17, 15) is 9.59 Å². The molecule has 0 amide bonds. The van der Waals surface area contributed by atoms with Crippen LogP contribution < -0.4 is 21.1 Å². The van der Waals surface area contributed by atoms with Crippen LogP contribution in [0.1, 0.15) is 48.5 Å². The van der Waals surface area contributed by atoms with Crippen molar-refractivity contribution >= 4 is 39.5 Å². The minimum absolute atomic E-state index is 0.104. The van der Waals surface area contributed by atoms with E-state index in [4.69, 9.17) is 10.5 Å². The Kier molecular flexibility index (Phi) is 10.5. The predicted molar refractivity (Wildman–Crippen MR) is 136 cm³/mol. The second-order valence-electron chi connectivity index (χ2n) is 7.38. The Morgan fingerprint density at radius 1 is 1.09 bits per heavy atom. The summed E-state index contributed by atoms with van der Waals surface area (Å²) in [6, 6.07) is 15.2. The van der Waals surface area contributed by atoms with Crippen LogP contribution in [0.4, 0.5) is 16.6 Å². The highest BCUT2D eigenvalue weighted by atomic mass is 32.1. The number of carbonyl (C=O) groups is 2. The molecule has 0 saturated heterocycles. The van der Waals surface area contributed by atoms with Gasteiger partial charge in [0.25, 0.3) is 0 Å². The number of ether oxygens (including phenoxy) is 1. The van der Waals surface area contributed by atoms with Crippen molar-refractivity contribution in [2.45, 2.75) is 34.1 Å². The third-order valence-electron chi connectivity index (χ3n) is 4.36. The molecule has 2 aromatic carbocycles. The van der Waals surface area contributed by atoms with Crippen molar-refractivity contribution in [2.75, 3.05) is 30.7 Å². The van der Waals surface area contributed by atoms with Gasteiger partial charge in [-0.15, -0.1) is 0 Å². The molecule has 0 bridgehead atoms. The molecule has 0 fully saturated rings. The summed E-state index contributed by atoms with van der Waals surface area (Å²) >= 11 is 1.26. The number of likely N-dealkylation sites (N-methyl/N-ethyl adjacent to an activating group) is 1. The number of nitrogen functional groups attached to an aromatic ring is 1. The Morgan fingerprint density at radius 3 is 2.42 bits per heavy atom. The summed E-state index contributed by atoms with van der Waals surface area (Å²) in [5, 5.41) is 7.00. The molecule has 0 atom stereocenters. The maximum atomic E-state index is 12.8. The molecule has 8 heteroatoms. The second-order valence-corrected chi connectivity index (χ2v) is 8.38. The molecule has 7 nitrogen and oxygen atoms in total.